The number of hydrogen-bond donors (Lipinski definition) is 2. The Morgan fingerprint density at radius 2 is 1.93 bits per heavy atom. The van der Waals surface area contributed by atoms with Gasteiger partial charge in [-0.1, -0.05) is 24.3 Å². The molecule has 1 aliphatic heterocycles. The highest BCUT2D eigenvalue weighted by molar-refractivity contribution is 5.77. The molecular weight excluding hydrogens is 371 g/mol. The minimum Gasteiger partial charge on any atom is -0.379 e. The average molecular weight is 396 g/mol. The van der Waals surface area contributed by atoms with Crippen LogP contribution in [0.15, 0.2) is 48.5 Å². The largest absolute Gasteiger partial charge is 0.379 e. The summed E-state index contributed by atoms with van der Waals surface area (Å²) in [6.45, 7) is 3.38. The number of aromatic nitrogens is 2. The zero-order valence-corrected chi connectivity index (χ0v) is 16.2. The second-order valence-corrected chi connectivity index (χ2v) is 7.22. The van der Waals surface area contributed by atoms with Crippen LogP contribution in [0.3, 0.4) is 0 Å². The number of morpholine rings is 1. The number of aryl methyl sites for hydroxylation is 1. The van der Waals surface area contributed by atoms with Crippen molar-refractivity contribution in [3.05, 3.63) is 65.7 Å². The van der Waals surface area contributed by atoms with Gasteiger partial charge in [-0.15, -0.1) is 0 Å². The van der Waals surface area contributed by atoms with Crippen molar-refractivity contribution >= 4 is 16.9 Å². The van der Waals surface area contributed by atoms with Crippen LogP contribution in [0.25, 0.3) is 11.0 Å². The third-order valence-electron chi connectivity index (χ3n) is 5.26. The van der Waals surface area contributed by atoms with Crippen LogP contribution in [0.4, 0.5) is 4.39 Å². The number of carbonyl (C=O) groups excluding carboxylic acids is 1. The van der Waals surface area contributed by atoms with Crippen molar-refractivity contribution in [2.24, 2.45) is 0 Å². The summed E-state index contributed by atoms with van der Waals surface area (Å²) in [5.41, 5.74) is 2.88. The molecule has 1 saturated heterocycles. The number of carbonyl (C=O) groups is 1. The molecule has 152 valence electrons. The van der Waals surface area contributed by atoms with Crippen molar-refractivity contribution in [3.63, 3.8) is 0 Å². The molecule has 2 aromatic carbocycles. The van der Waals surface area contributed by atoms with Crippen molar-refractivity contribution in [1.82, 2.24) is 20.2 Å². The minimum absolute atomic E-state index is 0.00495. The van der Waals surface area contributed by atoms with Gasteiger partial charge in [-0.25, -0.2) is 9.37 Å². The second kappa shape index (κ2) is 9.15. The quantitative estimate of drug-likeness (QED) is 0.644. The van der Waals surface area contributed by atoms with Crippen LogP contribution in [0, 0.1) is 5.82 Å². The van der Waals surface area contributed by atoms with E-state index in [1.165, 1.54) is 12.1 Å². The first kappa shape index (κ1) is 19.5. The van der Waals surface area contributed by atoms with Crippen LogP contribution < -0.4 is 5.32 Å². The lowest BCUT2D eigenvalue weighted by Gasteiger charge is -2.35. The molecule has 0 bridgehead atoms. The van der Waals surface area contributed by atoms with E-state index >= 15 is 0 Å². The number of hydrogen-bond acceptors (Lipinski definition) is 4. The Balaban J connectivity index is 1.35. The number of imidazole rings is 1. The lowest BCUT2D eigenvalue weighted by molar-refractivity contribution is -0.121. The van der Waals surface area contributed by atoms with E-state index in [0.717, 1.165) is 35.5 Å². The monoisotopic (exact) mass is 396 g/mol. The van der Waals surface area contributed by atoms with E-state index < -0.39 is 0 Å². The Labute approximate surface area is 169 Å². The minimum atomic E-state index is -0.260. The van der Waals surface area contributed by atoms with Gasteiger partial charge in [0, 0.05) is 32.5 Å². The highest BCUT2D eigenvalue weighted by Gasteiger charge is 2.23. The third kappa shape index (κ3) is 4.99. The molecule has 6 nitrogen and oxygen atoms in total. The van der Waals surface area contributed by atoms with Gasteiger partial charge in [0.25, 0.3) is 0 Å². The zero-order chi connectivity index (χ0) is 20.1. The number of aromatic amines is 1. The van der Waals surface area contributed by atoms with Crippen molar-refractivity contribution in [2.45, 2.75) is 18.9 Å². The molecular formula is C22H25FN4O2. The van der Waals surface area contributed by atoms with Crippen LogP contribution in [0.1, 0.15) is 23.9 Å². The molecule has 29 heavy (non-hydrogen) atoms. The number of para-hydroxylation sites is 2. The molecule has 0 radical (unpaired) electrons. The van der Waals surface area contributed by atoms with Crippen LogP contribution in [-0.2, 0) is 16.0 Å². The number of amides is 1. The lowest BCUT2D eigenvalue weighted by Crippen LogP contribution is -2.43. The summed E-state index contributed by atoms with van der Waals surface area (Å²) in [6.07, 6.45) is 0.915. The van der Waals surface area contributed by atoms with Gasteiger partial charge in [0.1, 0.15) is 11.6 Å². The number of rotatable bonds is 7. The number of benzene rings is 2. The Bertz CT molecular complexity index is 918. The van der Waals surface area contributed by atoms with Crippen molar-refractivity contribution in [1.29, 1.82) is 0 Å². The highest BCUT2D eigenvalue weighted by atomic mass is 19.1. The summed E-state index contributed by atoms with van der Waals surface area (Å²) in [5, 5.41) is 3.04. The second-order valence-electron chi connectivity index (χ2n) is 7.22. The van der Waals surface area contributed by atoms with Crippen molar-refractivity contribution in [2.75, 3.05) is 32.8 Å². The number of H-pyrrole nitrogens is 1. The first-order chi connectivity index (χ1) is 14.2. The fraction of sp³-hybridized carbons (Fsp3) is 0.364. The summed E-state index contributed by atoms with van der Waals surface area (Å²) in [6, 6.07) is 14.3. The van der Waals surface area contributed by atoms with Crippen molar-refractivity contribution < 1.29 is 13.9 Å². The number of nitrogens with zero attached hydrogens (tertiary/aromatic N) is 2. The van der Waals surface area contributed by atoms with E-state index in [1.54, 1.807) is 12.1 Å². The Hall–Kier alpha value is -2.77. The van der Waals surface area contributed by atoms with Gasteiger partial charge in [-0.3, -0.25) is 9.69 Å². The maximum Gasteiger partial charge on any atom is 0.220 e. The number of nitrogens with one attached hydrogen (secondary N) is 2. The number of fused-ring (bicyclic) bond motifs is 1. The molecule has 1 amide bonds. The molecule has 7 heteroatoms. The SMILES string of the molecule is O=C(CCc1nc2ccccc2[nH]1)NCC(c1ccc(F)cc1)N1CCOCC1. The molecule has 1 atom stereocenters. The molecule has 1 unspecified atom stereocenters. The van der Waals surface area contributed by atoms with Crippen LogP contribution in [0.5, 0.6) is 0 Å². The Morgan fingerprint density at radius 3 is 2.69 bits per heavy atom. The van der Waals surface area contributed by atoms with Gasteiger partial charge < -0.3 is 15.0 Å². The van der Waals surface area contributed by atoms with Gasteiger partial charge in [0.15, 0.2) is 0 Å². The molecule has 1 fully saturated rings. The van der Waals surface area contributed by atoms with Gasteiger partial charge in [0.05, 0.1) is 30.3 Å². The summed E-state index contributed by atoms with van der Waals surface area (Å²) in [4.78, 5) is 22.5. The third-order valence-corrected chi connectivity index (χ3v) is 5.26. The Kier molecular flexibility index (Phi) is 6.17. The van der Waals surface area contributed by atoms with E-state index in [9.17, 15) is 9.18 Å². The highest BCUT2D eigenvalue weighted by Crippen LogP contribution is 2.22. The predicted octanol–water partition coefficient (Wildman–Crippen LogP) is 2.82. The molecule has 1 aliphatic rings. The zero-order valence-electron chi connectivity index (χ0n) is 16.2. The van der Waals surface area contributed by atoms with E-state index in [-0.39, 0.29) is 17.8 Å². The van der Waals surface area contributed by atoms with Gasteiger partial charge in [0.2, 0.25) is 5.91 Å². The normalized spacial score (nSPS) is 16.0. The first-order valence-corrected chi connectivity index (χ1v) is 9.96. The first-order valence-electron chi connectivity index (χ1n) is 9.96. The van der Waals surface area contributed by atoms with Crippen LogP contribution >= 0.6 is 0 Å². The summed E-state index contributed by atoms with van der Waals surface area (Å²) in [5.74, 6) is 0.528. The summed E-state index contributed by atoms with van der Waals surface area (Å²) < 4.78 is 18.8. The van der Waals surface area contributed by atoms with Crippen molar-refractivity contribution in [3.8, 4) is 0 Å². The van der Waals surface area contributed by atoms with Gasteiger partial charge in [-0.05, 0) is 29.8 Å². The Morgan fingerprint density at radius 1 is 1.17 bits per heavy atom. The summed E-state index contributed by atoms with van der Waals surface area (Å²) >= 11 is 0. The van der Waals surface area contributed by atoms with E-state index in [4.69, 9.17) is 4.74 Å². The fourth-order valence-electron chi connectivity index (χ4n) is 3.69. The average Bonchev–Trinajstić information content (AvgIpc) is 3.17. The number of halogens is 1. The van der Waals surface area contributed by atoms with E-state index in [2.05, 4.69) is 20.2 Å². The molecule has 2 heterocycles. The number of ether oxygens (including phenoxy) is 1. The standard InChI is InChI=1S/C22H25FN4O2/c23-17-7-5-16(6-8-17)20(27-11-13-29-14-12-27)15-24-22(28)10-9-21-25-18-3-1-2-4-19(18)26-21/h1-8,20H,9-15H2,(H,24,28)(H,25,26). The summed E-state index contributed by atoms with van der Waals surface area (Å²) in [7, 11) is 0. The molecule has 4 rings (SSSR count). The van der Waals surface area contributed by atoms with E-state index in [1.807, 2.05) is 24.3 Å². The topological polar surface area (TPSA) is 70.2 Å². The van der Waals surface area contributed by atoms with E-state index in [0.29, 0.717) is 32.6 Å². The molecule has 0 aliphatic carbocycles. The molecule has 1 aromatic heterocycles. The van der Waals surface area contributed by atoms with Gasteiger partial charge in [-0.2, -0.15) is 0 Å². The maximum absolute atomic E-state index is 13.3. The lowest BCUT2D eigenvalue weighted by atomic mass is 10.0. The molecule has 0 spiro atoms. The maximum atomic E-state index is 13.3. The smallest absolute Gasteiger partial charge is 0.220 e. The van der Waals surface area contributed by atoms with Gasteiger partial charge >= 0.3 is 0 Å². The van der Waals surface area contributed by atoms with Crippen LogP contribution in [-0.4, -0.2) is 53.6 Å². The fourth-order valence-corrected chi connectivity index (χ4v) is 3.69. The molecule has 0 saturated carbocycles. The predicted molar refractivity (Wildman–Crippen MR) is 109 cm³/mol. The molecule has 3 aromatic rings. The molecule has 2 N–H and O–H groups in total. The van der Waals surface area contributed by atoms with Crippen LogP contribution in [0.2, 0.25) is 0 Å².